The molecule has 19 heavy (non-hydrogen) atoms. The molecule has 1 aromatic rings. The molecule has 2 rings (SSSR count). The molecule has 1 aliphatic rings. The average molecular weight is 266 g/mol. The van der Waals surface area contributed by atoms with E-state index < -0.39 is 5.82 Å². The summed E-state index contributed by atoms with van der Waals surface area (Å²) in [6.45, 7) is 0.829. The summed E-state index contributed by atoms with van der Waals surface area (Å²) in [5.41, 5.74) is 0.209. The molecule has 2 N–H and O–H groups in total. The molecule has 1 saturated heterocycles. The summed E-state index contributed by atoms with van der Waals surface area (Å²) < 4.78 is 13.5. The zero-order valence-electron chi connectivity index (χ0n) is 10.8. The van der Waals surface area contributed by atoms with Gasteiger partial charge in [0.1, 0.15) is 5.82 Å². The van der Waals surface area contributed by atoms with E-state index in [4.69, 9.17) is 5.11 Å². The van der Waals surface area contributed by atoms with Gasteiger partial charge >= 0.3 is 6.03 Å². The number of amides is 2. The lowest BCUT2D eigenvalue weighted by atomic mass is 10.1. The van der Waals surface area contributed by atoms with Crippen molar-refractivity contribution in [1.29, 1.82) is 0 Å². The van der Waals surface area contributed by atoms with Crippen LogP contribution in [0.25, 0.3) is 0 Å². The van der Waals surface area contributed by atoms with Crippen LogP contribution in [-0.2, 0) is 0 Å². The summed E-state index contributed by atoms with van der Waals surface area (Å²) in [4.78, 5) is 13.9. The van der Waals surface area contributed by atoms with Gasteiger partial charge in [0.05, 0.1) is 5.69 Å². The van der Waals surface area contributed by atoms with Gasteiger partial charge in [0.25, 0.3) is 0 Å². The molecule has 104 valence electrons. The lowest BCUT2D eigenvalue weighted by Gasteiger charge is -2.25. The highest BCUT2D eigenvalue weighted by molar-refractivity contribution is 5.89. The van der Waals surface area contributed by atoms with Crippen molar-refractivity contribution in [2.75, 3.05) is 18.5 Å². The van der Waals surface area contributed by atoms with Crippen LogP contribution in [0, 0.1) is 5.82 Å². The predicted octanol–water partition coefficient (Wildman–Crippen LogP) is 2.59. The maximum atomic E-state index is 13.5. The third-order valence-electron chi connectivity index (χ3n) is 3.45. The molecule has 1 aromatic carbocycles. The van der Waals surface area contributed by atoms with E-state index in [1.807, 2.05) is 0 Å². The van der Waals surface area contributed by atoms with Crippen LogP contribution in [0.4, 0.5) is 14.9 Å². The Hall–Kier alpha value is -1.62. The Balaban J connectivity index is 1.97. The molecule has 2 amide bonds. The van der Waals surface area contributed by atoms with Gasteiger partial charge in [-0.2, -0.15) is 0 Å². The SMILES string of the molecule is O=C(Nc1ccccc1F)N1CCCC1CCCO. The summed E-state index contributed by atoms with van der Waals surface area (Å²) >= 11 is 0. The molecule has 1 atom stereocenters. The summed E-state index contributed by atoms with van der Waals surface area (Å²) in [5, 5.41) is 11.5. The van der Waals surface area contributed by atoms with Gasteiger partial charge < -0.3 is 15.3 Å². The minimum absolute atomic E-state index is 0.138. The molecule has 1 unspecified atom stereocenters. The fourth-order valence-corrected chi connectivity index (χ4v) is 2.48. The number of anilines is 1. The second kappa shape index (κ2) is 6.52. The molecule has 0 saturated carbocycles. The van der Waals surface area contributed by atoms with Gasteiger partial charge in [0.2, 0.25) is 0 Å². The number of aliphatic hydroxyl groups is 1. The van der Waals surface area contributed by atoms with Crippen LogP contribution in [0.15, 0.2) is 24.3 Å². The number of benzene rings is 1. The first kappa shape index (κ1) is 13.8. The Morgan fingerprint density at radius 2 is 2.26 bits per heavy atom. The number of nitrogens with one attached hydrogen (secondary N) is 1. The Morgan fingerprint density at radius 3 is 3.00 bits per heavy atom. The van der Waals surface area contributed by atoms with E-state index in [1.54, 1.807) is 23.1 Å². The molecular weight excluding hydrogens is 247 g/mol. The minimum Gasteiger partial charge on any atom is -0.396 e. The van der Waals surface area contributed by atoms with Crippen molar-refractivity contribution in [3.63, 3.8) is 0 Å². The second-order valence-corrected chi connectivity index (χ2v) is 4.77. The number of carbonyl (C=O) groups excluding carboxylic acids is 1. The van der Waals surface area contributed by atoms with Crippen LogP contribution in [0.1, 0.15) is 25.7 Å². The van der Waals surface area contributed by atoms with E-state index in [1.165, 1.54) is 6.07 Å². The van der Waals surface area contributed by atoms with E-state index in [-0.39, 0.29) is 24.4 Å². The first-order valence-corrected chi connectivity index (χ1v) is 6.65. The largest absolute Gasteiger partial charge is 0.396 e. The van der Waals surface area contributed by atoms with Crippen LogP contribution in [0.3, 0.4) is 0 Å². The van der Waals surface area contributed by atoms with E-state index in [0.29, 0.717) is 13.0 Å². The van der Waals surface area contributed by atoms with Gasteiger partial charge in [-0.3, -0.25) is 0 Å². The van der Waals surface area contributed by atoms with Crippen molar-refractivity contribution in [1.82, 2.24) is 4.90 Å². The Morgan fingerprint density at radius 1 is 1.47 bits per heavy atom. The molecule has 5 heteroatoms. The number of nitrogens with zero attached hydrogens (tertiary/aromatic N) is 1. The van der Waals surface area contributed by atoms with Crippen LogP contribution in [0.5, 0.6) is 0 Å². The maximum Gasteiger partial charge on any atom is 0.322 e. The van der Waals surface area contributed by atoms with Crippen LogP contribution >= 0.6 is 0 Å². The number of halogens is 1. The third-order valence-corrected chi connectivity index (χ3v) is 3.45. The number of rotatable bonds is 4. The average Bonchev–Trinajstić information content (AvgIpc) is 2.87. The number of aliphatic hydroxyl groups excluding tert-OH is 1. The number of carbonyl (C=O) groups is 1. The molecule has 0 radical (unpaired) electrons. The van der Waals surface area contributed by atoms with Crippen molar-refractivity contribution >= 4 is 11.7 Å². The first-order chi connectivity index (χ1) is 9.22. The van der Waals surface area contributed by atoms with Crippen LogP contribution < -0.4 is 5.32 Å². The normalized spacial score (nSPS) is 18.6. The number of likely N-dealkylation sites (tertiary alicyclic amines) is 1. The molecule has 4 nitrogen and oxygen atoms in total. The lowest BCUT2D eigenvalue weighted by Crippen LogP contribution is -2.38. The van der Waals surface area contributed by atoms with Crippen LogP contribution in [-0.4, -0.2) is 35.2 Å². The summed E-state index contributed by atoms with van der Waals surface area (Å²) in [7, 11) is 0. The minimum atomic E-state index is -0.429. The summed E-state index contributed by atoms with van der Waals surface area (Å²) in [6.07, 6.45) is 3.39. The zero-order chi connectivity index (χ0) is 13.7. The van der Waals surface area contributed by atoms with Crippen LogP contribution in [0.2, 0.25) is 0 Å². The molecule has 0 spiro atoms. The van der Waals surface area contributed by atoms with E-state index in [0.717, 1.165) is 19.3 Å². The number of hydrogen-bond acceptors (Lipinski definition) is 2. The van der Waals surface area contributed by atoms with E-state index in [2.05, 4.69) is 5.32 Å². The Bertz CT molecular complexity index is 439. The van der Waals surface area contributed by atoms with Crippen molar-refractivity contribution in [2.24, 2.45) is 0 Å². The first-order valence-electron chi connectivity index (χ1n) is 6.65. The highest BCUT2D eigenvalue weighted by Crippen LogP contribution is 2.23. The van der Waals surface area contributed by atoms with Gasteiger partial charge in [0, 0.05) is 19.2 Å². The van der Waals surface area contributed by atoms with Gasteiger partial charge in [0.15, 0.2) is 0 Å². The predicted molar refractivity (Wildman–Crippen MR) is 71.5 cm³/mol. The van der Waals surface area contributed by atoms with Crippen molar-refractivity contribution in [2.45, 2.75) is 31.7 Å². The maximum absolute atomic E-state index is 13.5. The molecule has 0 aromatic heterocycles. The number of hydrogen-bond donors (Lipinski definition) is 2. The molecule has 1 aliphatic heterocycles. The molecule has 1 heterocycles. The fraction of sp³-hybridized carbons (Fsp3) is 0.500. The standard InChI is InChI=1S/C14H19FN2O2/c15-12-7-1-2-8-13(12)16-14(19)17-9-3-5-11(17)6-4-10-18/h1-2,7-8,11,18H,3-6,9-10H2,(H,16,19). The van der Waals surface area contributed by atoms with Gasteiger partial charge in [-0.05, 0) is 37.8 Å². The third kappa shape index (κ3) is 3.44. The number of para-hydroxylation sites is 1. The monoisotopic (exact) mass is 266 g/mol. The van der Waals surface area contributed by atoms with Gasteiger partial charge in [-0.25, -0.2) is 9.18 Å². The fourth-order valence-electron chi connectivity index (χ4n) is 2.48. The summed E-state index contributed by atoms with van der Waals surface area (Å²) in [6, 6.07) is 6.04. The van der Waals surface area contributed by atoms with E-state index >= 15 is 0 Å². The van der Waals surface area contributed by atoms with Gasteiger partial charge in [-0.15, -0.1) is 0 Å². The molecule has 0 bridgehead atoms. The summed E-state index contributed by atoms with van der Waals surface area (Å²) in [5.74, 6) is -0.429. The molecule has 0 aliphatic carbocycles. The Kier molecular flexibility index (Phi) is 4.74. The smallest absolute Gasteiger partial charge is 0.322 e. The molecular formula is C14H19FN2O2. The molecule has 1 fully saturated rings. The topological polar surface area (TPSA) is 52.6 Å². The van der Waals surface area contributed by atoms with Crippen molar-refractivity contribution < 1.29 is 14.3 Å². The number of urea groups is 1. The quantitative estimate of drug-likeness (QED) is 0.880. The van der Waals surface area contributed by atoms with Gasteiger partial charge in [-0.1, -0.05) is 12.1 Å². The zero-order valence-corrected chi connectivity index (χ0v) is 10.8. The highest BCUT2D eigenvalue weighted by atomic mass is 19.1. The highest BCUT2D eigenvalue weighted by Gasteiger charge is 2.28. The lowest BCUT2D eigenvalue weighted by molar-refractivity contribution is 0.197. The second-order valence-electron chi connectivity index (χ2n) is 4.77. The Labute approximate surface area is 112 Å². The van der Waals surface area contributed by atoms with E-state index in [9.17, 15) is 9.18 Å². The van der Waals surface area contributed by atoms with Crippen molar-refractivity contribution in [3.05, 3.63) is 30.1 Å². The van der Waals surface area contributed by atoms with Crippen molar-refractivity contribution in [3.8, 4) is 0 Å².